The highest BCUT2D eigenvalue weighted by Crippen LogP contribution is 2.28. The molecule has 1 aromatic rings. The van der Waals surface area contributed by atoms with E-state index in [4.69, 9.17) is 14.5 Å². The Morgan fingerprint density at radius 2 is 1.90 bits per heavy atom. The Morgan fingerprint density at radius 3 is 2.53 bits per heavy atom. The largest absolute Gasteiger partial charge is 0.462 e. The third kappa shape index (κ3) is 5.95. The molecule has 1 N–H and O–H groups in total. The number of fused-ring (bicyclic) bond motifs is 1. The van der Waals surface area contributed by atoms with Crippen LogP contribution in [-0.4, -0.2) is 90.9 Å². The van der Waals surface area contributed by atoms with Crippen molar-refractivity contribution in [2.45, 2.75) is 52.3 Å². The summed E-state index contributed by atoms with van der Waals surface area (Å²) in [5, 5.41) is 3.47. The van der Waals surface area contributed by atoms with Gasteiger partial charge in [-0.1, -0.05) is 0 Å². The first-order chi connectivity index (χ1) is 14.1. The number of nitrogens with zero attached hydrogens (tertiary/aromatic N) is 5. The second kappa shape index (κ2) is 9.34. The zero-order valence-corrected chi connectivity index (χ0v) is 19.2. The molecule has 2 aliphatic rings. The molecule has 2 aliphatic heterocycles. The molecule has 30 heavy (non-hydrogen) atoms. The molecular weight excluding hydrogens is 384 g/mol. The van der Waals surface area contributed by atoms with Crippen molar-refractivity contribution in [2.24, 2.45) is 0 Å². The molecule has 1 saturated heterocycles. The molecule has 0 aliphatic carbocycles. The Kier molecular flexibility index (Phi) is 7.02. The van der Waals surface area contributed by atoms with Gasteiger partial charge in [0.25, 0.3) is 0 Å². The van der Waals surface area contributed by atoms with Crippen LogP contribution < -0.4 is 15.0 Å². The highest BCUT2D eigenvalue weighted by atomic mass is 16.6. The molecule has 0 radical (unpaired) electrons. The highest BCUT2D eigenvalue weighted by molar-refractivity contribution is 5.68. The summed E-state index contributed by atoms with van der Waals surface area (Å²) in [7, 11) is 4.02. The molecule has 0 aromatic carbocycles. The predicted molar refractivity (Wildman–Crippen MR) is 116 cm³/mol. The minimum absolute atomic E-state index is 0.252. The fourth-order valence-electron chi connectivity index (χ4n) is 3.57. The summed E-state index contributed by atoms with van der Waals surface area (Å²) in [6.07, 6.45) is 0.631. The third-order valence-corrected chi connectivity index (χ3v) is 5.18. The minimum Gasteiger partial charge on any atom is -0.462 e. The zero-order chi connectivity index (χ0) is 21.9. The van der Waals surface area contributed by atoms with Crippen LogP contribution in [0.1, 0.15) is 39.0 Å². The van der Waals surface area contributed by atoms with E-state index in [0.29, 0.717) is 51.4 Å². The average molecular weight is 421 g/mol. The summed E-state index contributed by atoms with van der Waals surface area (Å²) >= 11 is 0. The number of carbonyl (C=O) groups is 1. The number of carbonyl (C=O) groups excluding carboxylic acids is 1. The number of likely N-dealkylation sites (N-methyl/N-ethyl adjacent to an activating group) is 1. The molecule has 3 heterocycles. The van der Waals surface area contributed by atoms with Gasteiger partial charge in [0, 0.05) is 50.9 Å². The lowest BCUT2D eigenvalue weighted by Crippen LogP contribution is -2.50. The second-order valence-corrected chi connectivity index (χ2v) is 9.35. The van der Waals surface area contributed by atoms with Gasteiger partial charge in [-0.05, 0) is 48.2 Å². The fraction of sp³-hybridized carbons (Fsp3) is 0.762. The fourth-order valence-corrected chi connectivity index (χ4v) is 3.57. The SMILES string of the molecule is CC1Cc2c(nc(OCCN(C)C)nc2N2CCN(C(=O)OC(C)(C)C)CC2)CN1. The van der Waals surface area contributed by atoms with E-state index in [9.17, 15) is 4.79 Å². The van der Waals surface area contributed by atoms with Gasteiger partial charge in [0.2, 0.25) is 0 Å². The predicted octanol–water partition coefficient (Wildman–Crippen LogP) is 1.51. The van der Waals surface area contributed by atoms with Gasteiger partial charge < -0.3 is 29.5 Å². The summed E-state index contributed by atoms with van der Waals surface area (Å²) in [5.74, 6) is 0.942. The van der Waals surface area contributed by atoms with E-state index in [2.05, 4.69) is 27.0 Å². The van der Waals surface area contributed by atoms with Crippen molar-refractivity contribution in [1.29, 1.82) is 0 Å². The van der Waals surface area contributed by atoms with E-state index in [-0.39, 0.29) is 6.09 Å². The standard InChI is InChI=1S/C21H36N6O3/c1-15-13-16-17(14-22-15)23-19(29-12-11-25(5)6)24-18(16)26-7-9-27(10-8-26)20(28)30-21(2,3)4/h15,22H,7-14H2,1-6H3. The van der Waals surface area contributed by atoms with E-state index in [0.717, 1.165) is 24.5 Å². The van der Waals surface area contributed by atoms with E-state index in [1.54, 1.807) is 4.90 Å². The molecule has 9 nitrogen and oxygen atoms in total. The molecule has 0 bridgehead atoms. The molecular formula is C21H36N6O3. The number of amides is 1. The normalized spacial score (nSPS) is 19.6. The van der Waals surface area contributed by atoms with Crippen LogP contribution in [0.3, 0.4) is 0 Å². The van der Waals surface area contributed by atoms with Crippen molar-refractivity contribution in [1.82, 2.24) is 25.1 Å². The van der Waals surface area contributed by atoms with Gasteiger partial charge in [-0.15, -0.1) is 0 Å². The molecule has 0 spiro atoms. The molecule has 1 unspecified atom stereocenters. The quantitative estimate of drug-likeness (QED) is 0.768. The average Bonchev–Trinajstić information content (AvgIpc) is 2.66. The maximum absolute atomic E-state index is 12.4. The number of aromatic nitrogens is 2. The third-order valence-electron chi connectivity index (χ3n) is 5.18. The van der Waals surface area contributed by atoms with Crippen molar-refractivity contribution in [3.63, 3.8) is 0 Å². The van der Waals surface area contributed by atoms with Crippen molar-refractivity contribution >= 4 is 11.9 Å². The van der Waals surface area contributed by atoms with Crippen LogP contribution in [0.5, 0.6) is 6.01 Å². The summed E-state index contributed by atoms with van der Waals surface area (Å²) in [4.78, 5) is 27.9. The van der Waals surface area contributed by atoms with Crippen molar-refractivity contribution in [2.75, 3.05) is 58.3 Å². The molecule has 3 rings (SSSR count). The van der Waals surface area contributed by atoms with Crippen molar-refractivity contribution < 1.29 is 14.3 Å². The molecule has 1 amide bonds. The van der Waals surface area contributed by atoms with E-state index >= 15 is 0 Å². The number of anilines is 1. The molecule has 1 atom stereocenters. The number of nitrogens with one attached hydrogen (secondary N) is 1. The Bertz CT molecular complexity index is 741. The lowest BCUT2D eigenvalue weighted by Gasteiger charge is -2.37. The maximum atomic E-state index is 12.4. The summed E-state index contributed by atoms with van der Waals surface area (Å²) in [6, 6.07) is 0.805. The first kappa shape index (κ1) is 22.6. The Morgan fingerprint density at radius 1 is 1.20 bits per heavy atom. The van der Waals surface area contributed by atoms with Gasteiger partial charge in [0.15, 0.2) is 0 Å². The Balaban J connectivity index is 1.73. The number of piperazine rings is 1. The Hall–Kier alpha value is -2.13. The van der Waals surface area contributed by atoms with Gasteiger partial charge in [0.1, 0.15) is 18.0 Å². The Labute approximate surface area is 179 Å². The van der Waals surface area contributed by atoms with Crippen LogP contribution in [0.15, 0.2) is 0 Å². The van der Waals surface area contributed by atoms with Crippen molar-refractivity contribution in [3.05, 3.63) is 11.3 Å². The molecule has 1 aromatic heterocycles. The number of hydrogen-bond donors (Lipinski definition) is 1. The second-order valence-electron chi connectivity index (χ2n) is 9.35. The first-order valence-corrected chi connectivity index (χ1v) is 10.8. The maximum Gasteiger partial charge on any atom is 0.410 e. The summed E-state index contributed by atoms with van der Waals surface area (Å²) in [6.45, 7) is 12.5. The van der Waals surface area contributed by atoms with E-state index in [1.165, 1.54) is 5.56 Å². The van der Waals surface area contributed by atoms with Crippen LogP contribution in [0.25, 0.3) is 0 Å². The summed E-state index contributed by atoms with van der Waals surface area (Å²) in [5.41, 5.74) is 1.71. The van der Waals surface area contributed by atoms with E-state index in [1.807, 2.05) is 34.9 Å². The first-order valence-electron chi connectivity index (χ1n) is 10.8. The van der Waals surface area contributed by atoms with Crippen LogP contribution in [0, 0.1) is 0 Å². The number of hydrogen-bond acceptors (Lipinski definition) is 8. The minimum atomic E-state index is -0.484. The van der Waals surface area contributed by atoms with Crippen LogP contribution in [0.2, 0.25) is 0 Å². The van der Waals surface area contributed by atoms with Crippen LogP contribution >= 0.6 is 0 Å². The molecule has 0 saturated carbocycles. The number of rotatable bonds is 5. The van der Waals surface area contributed by atoms with Gasteiger partial charge in [-0.3, -0.25) is 0 Å². The molecule has 9 heteroatoms. The smallest absolute Gasteiger partial charge is 0.410 e. The lowest BCUT2D eigenvalue weighted by molar-refractivity contribution is 0.0240. The topological polar surface area (TPSA) is 83.1 Å². The lowest BCUT2D eigenvalue weighted by atomic mass is 10.0. The van der Waals surface area contributed by atoms with Crippen molar-refractivity contribution in [3.8, 4) is 6.01 Å². The number of ether oxygens (including phenoxy) is 2. The zero-order valence-electron chi connectivity index (χ0n) is 19.2. The van der Waals surface area contributed by atoms with E-state index < -0.39 is 5.60 Å². The monoisotopic (exact) mass is 420 g/mol. The van der Waals surface area contributed by atoms with Gasteiger partial charge >= 0.3 is 12.1 Å². The van der Waals surface area contributed by atoms with Gasteiger partial charge in [-0.25, -0.2) is 4.79 Å². The summed E-state index contributed by atoms with van der Waals surface area (Å²) < 4.78 is 11.4. The highest BCUT2D eigenvalue weighted by Gasteiger charge is 2.30. The van der Waals surface area contributed by atoms with Gasteiger partial charge in [-0.2, -0.15) is 9.97 Å². The molecule has 1 fully saturated rings. The van der Waals surface area contributed by atoms with Crippen LogP contribution in [0.4, 0.5) is 10.6 Å². The van der Waals surface area contributed by atoms with Gasteiger partial charge in [0.05, 0.1) is 5.69 Å². The van der Waals surface area contributed by atoms with Crippen LogP contribution in [-0.2, 0) is 17.7 Å². The molecule has 168 valence electrons.